The molecule has 1 unspecified atom stereocenters. The molecule has 2 aromatic rings. The van der Waals surface area contributed by atoms with Crippen molar-refractivity contribution < 1.29 is 5.11 Å². The number of hydrogen-bond donors (Lipinski definition) is 3. The van der Waals surface area contributed by atoms with Crippen LogP contribution in [0.4, 0.5) is 0 Å². The molecule has 2 aliphatic rings. The fraction of sp³-hybridized carbons (Fsp3) is 0.391. The van der Waals surface area contributed by atoms with E-state index in [9.17, 15) is 5.11 Å². The molecular formula is C23H30N8O. The Bertz CT molecular complexity index is 983. The van der Waals surface area contributed by atoms with Crippen LogP contribution in [0, 0.1) is 0 Å². The van der Waals surface area contributed by atoms with Crippen LogP contribution in [-0.2, 0) is 6.54 Å². The Morgan fingerprint density at radius 3 is 2.66 bits per heavy atom. The van der Waals surface area contributed by atoms with Crippen molar-refractivity contribution in [2.75, 3.05) is 6.61 Å². The molecule has 0 aliphatic carbocycles. The summed E-state index contributed by atoms with van der Waals surface area (Å²) in [5.74, 6) is 1.21. The molecule has 0 fully saturated rings. The van der Waals surface area contributed by atoms with Crippen molar-refractivity contribution in [1.82, 2.24) is 25.5 Å². The summed E-state index contributed by atoms with van der Waals surface area (Å²) in [7, 11) is 0. The molecule has 9 heteroatoms. The van der Waals surface area contributed by atoms with Crippen molar-refractivity contribution in [2.24, 2.45) is 15.1 Å². The zero-order valence-electron chi connectivity index (χ0n) is 18.7. The zero-order valence-corrected chi connectivity index (χ0v) is 18.7. The van der Waals surface area contributed by atoms with E-state index in [4.69, 9.17) is 9.98 Å². The van der Waals surface area contributed by atoms with Gasteiger partial charge in [0, 0.05) is 17.8 Å². The molecule has 1 aromatic carbocycles. The molecule has 4 rings (SSSR count). The highest BCUT2D eigenvalue weighted by molar-refractivity contribution is 6.01. The van der Waals surface area contributed by atoms with Gasteiger partial charge >= 0.3 is 0 Å². The number of aliphatic hydroxyl groups is 1. The number of aliphatic hydroxyl groups excluding tert-OH is 1. The minimum absolute atomic E-state index is 0.0328. The Morgan fingerprint density at radius 2 is 2.00 bits per heavy atom. The van der Waals surface area contributed by atoms with E-state index >= 15 is 0 Å². The molecule has 0 amide bonds. The van der Waals surface area contributed by atoms with Gasteiger partial charge in [-0.25, -0.2) is 9.98 Å². The van der Waals surface area contributed by atoms with E-state index in [0.717, 1.165) is 23.2 Å². The first-order valence-corrected chi connectivity index (χ1v) is 11.0. The van der Waals surface area contributed by atoms with E-state index in [2.05, 4.69) is 63.7 Å². The number of fused-ring (bicyclic) bond motifs is 1. The number of benzene rings is 1. The van der Waals surface area contributed by atoms with Crippen LogP contribution in [0.1, 0.15) is 32.8 Å². The number of hydrogen-bond acceptors (Lipinski definition) is 7. The standard InChI is InChI=1S/C23H30N8O/c1-4-19(14-32)27-21-28-22(31-23(29-21)30(15-26-31)16(2)3)25-13-17-8-10-18(11-9-17)20-7-5-6-12-24-20/h5-12,15-16,19,23,32H,4,13-14H2,1-3H3,(H2,25,27,28,29)/t19-,23?/m1/s1. The summed E-state index contributed by atoms with van der Waals surface area (Å²) in [6.45, 7) is 6.75. The maximum atomic E-state index is 9.58. The molecule has 0 bridgehead atoms. The largest absolute Gasteiger partial charge is 0.394 e. The molecule has 3 N–H and O–H groups in total. The molecule has 9 nitrogen and oxygen atoms in total. The third kappa shape index (κ3) is 4.72. The van der Waals surface area contributed by atoms with Gasteiger partial charge in [-0.2, -0.15) is 10.1 Å². The highest BCUT2D eigenvalue weighted by atomic mass is 16.3. The number of guanidine groups is 2. The molecule has 0 saturated carbocycles. The lowest BCUT2D eigenvalue weighted by Crippen LogP contribution is -2.59. The van der Waals surface area contributed by atoms with E-state index < -0.39 is 0 Å². The average molecular weight is 435 g/mol. The van der Waals surface area contributed by atoms with Crippen LogP contribution in [0.15, 0.2) is 63.7 Å². The first kappa shape index (κ1) is 21.8. The lowest BCUT2D eigenvalue weighted by Gasteiger charge is -2.35. The number of pyridine rings is 1. The molecule has 168 valence electrons. The summed E-state index contributed by atoms with van der Waals surface area (Å²) in [6.07, 6.45) is 4.07. The average Bonchev–Trinajstić information content (AvgIpc) is 3.26. The highest BCUT2D eigenvalue weighted by Gasteiger charge is 2.36. The van der Waals surface area contributed by atoms with Gasteiger partial charge in [-0.1, -0.05) is 37.3 Å². The first-order chi connectivity index (χ1) is 15.6. The summed E-state index contributed by atoms with van der Waals surface area (Å²) in [5.41, 5.74) is 3.10. The van der Waals surface area contributed by atoms with Gasteiger partial charge in [0.2, 0.25) is 18.2 Å². The van der Waals surface area contributed by atoms with Crippen LogP contribution in [0.2, 0.25) is 0 Å². The van der Waals surface area contributed by atoms with Crippen molar-refractivity contribution in [3.05, 3.63) is 54.2 Å². The van der Waals surface area contributed by atoms with Crippen LogP contribution in [-0.4, -0.2) is 63.2 Å². The van der Waals surface area contributed by atoms with Gasteiger partial charge in [-0.05, 0) is 38.0 Å². The molecular weight excluding hydrogens is 404 g/mol. The topological polar surface area (TPSA) is 101 Å². The zero-order chi connectivity index (χ0) is 22.5. The number of nitrogens with one attached hydrogen (secondary N) is 2. The lowest BCUT2D eigenvalue weighted by molar-refractivity contribution is 0.174. The van der Waals surface area contributed by atoms with Crippen molar-refractivity contribution in [3.63, 3.8) is 0 Å². The quantitative estimate of drug-likeness (QED) is 0.618. The molecule has 1 aromatic heterocycles. The second-order valence-corrected chi connectivity index (χ2v) is 8.05. The predicted octanol–water partition coefficient (Wildman–Crippen LogP) is 2.18. The molecule has 0 saturated heterocycles. The molecule has 0 spiro atoms. The van der Waals surface area contributed by atoms with Crippen molar-refractivity contribution in [1.29, 1.82) is 0 Å². The second-order valence-electron chi connectivity index (χ2n) is 8.05. The summed E-state index contributed by atoms with van der Waals surface area (Å²) in [6, 6.07) is 14.3. The maximum absolute atomic E-state index is 9.58. The van der Waals surface area contributed by atoms with Crippen molar-refractivity contribution in [2.45, 2.75) is 52.1 Å². The van der Waals surface area contributed by atoms with Gasteiger partial charge in [-0.3, -0.25) is 10.3 Å². The Hall–Kier alpha value is -3.46. The fourth-order valence-corrected chi connectivity index (χ4v) is 3.49. The summed E-state index contributed by atoms with van der Waals surface area (Å²) in [4.78, 5) is 16.0. The summed E-state index contributed by atoms with van der Waals surface area (Å²) in [5, 5.41) is 22.4. The first-order valence-electron chi connectivity index (χ1n) is 11.0. The third-order valence-corrected chi connectivity index (χ3v) is 5.46. The highest BCUT2D eigenvalue weighted by Crippen LogP contribution is 2.21. The summed E-state index contributed by atoms with van der Waals surface area (Å²) >= 11 is 0. The van der Waals surface area contributed by atoms with Crippen LogP contribution in [0.5, 0.6) is 0 Å². The van der Waals surface area contributed by atoms with Gasteiger partial charge < -0.3 is 15.3 Å². The minimum atomic E-state index is -0.305. The number of aromatic nitrogens is 1. The van der Waals surface area contributed by atoms with Gasteiger partial charge in [0.05, 0.1) is 24.9 Å². The molecule has 2 atom stereocenters. The molecule has 3 heterocycles. The minimum Gasteiger partial charge on any atom is -0.394 e. The number of nitrogens with zero attached hydrogens (tertiary/aromatic N) is 6. The van der Waals surface area contributed by atoms with Crippen molar-refractivity contribution in [3.8, 4) is 11.3 Å². The SMILES string of the molecule is CC[C@H](CO)NC1=NC2N(N=CN2C(C)C)C(=NCc2ccc(-c3ccccn3)cc2)N1. The number of aliphatic imine (C=N–C) groups is 2. The predicted molar refractivity (Wildman–Crippen MR) is 127 cm³/mol. The molecule has 32 heavy (non-hydrogen) atoms. The van der Waals surface area contributed by atoms with Crippen LogP contribution >= 0.6 is 0 Å². The van der Waals surface area contributed by atoms with Gasteiger partial charge in [0.25, 0.3) is 0 Å². The third-order valence-electron chi connectivity index (χ3n) is 5.46. The Labute approximate surface area is 188 Å². The monoisotopic (exact) mass is 434 g/mol. The Morgan fingerprint density at radius 1 is 1.19 bits per heavy atom. The smallest absolute Gasteiger partial charge is 0.226 e. The lowest BCUT2D eigenvalue weighted by atomic mass is 10.1. The van der Waals surface area contributed by atoms with E-state index in [0.29, 0.717) is 18.5 Å². The number of rotatable bonds is 7. The maximum Gasteiger partial charge on any atom is 0.226 e. The van der Waals surface area contributed by atoms with Crippen molar-refractivity contribution >= 4 is 18.3 Å². The van der Waals surface area contributed by atoms with Gasteiger partial charge in [-0.15, -0.1) is 0 Å². The van der Waals surface area contributed by atoms with E-state index in [1.54, 1.807) is 17.5 Å². The molecule has 0 radical (unpaired) electrons. The van der Waals surface area contributed by atoms with Crippen LogP contribution in [0.3, 0.4) is 0 Å². The second kappa shape index (κ2) is 9.78. The Kier molecular flexibility index (Phi) is 6.65. The van der Waals surface area contributed by atoms with Gasteiger partial charge in [0.1, 0.15) is 6.34 Å². The summed E-state index contributed by atoms with van der Waals surface area (Å²) < 4.78 is 0. The number of hydrazone groups is 1. The van der Waals surface area contributed by atoms with Crippen LogP contribution < -0.4 is 10.6 Å². The normalized spacial score (nSPS) is 19.7. The fourth-order valence-electron chi connectivity index (χ4n) is 3.49. The van der Waals surface area contributed by atoms with E-state index in [1.165, 1.54) is 0 Å². The molecule has 2 aliphatic heterocycles. The van der Waals surface area contributed by atoms with Crippen LogP contribution in [0.25, 0.3) is 11.3 Å². The van der Waals surface area contributed by atoms with E-state index in [1.807, 2.05) is 25.1 Å². The van der Waals surface area contributed by atoms with E-state index in [-0.39, 0.29) is 25.0 Å². The Balaban J connectivity index is 1.52. The van der Waals surface area contributed by atoms with Gasteiger partial charge in [0.15, 0.2) is 0 Å².